The highest BCUT2D eigenvalue weighted by atomic mass is 32.1. The van der Waals surface area contributed by atoms with Crippen LogP contribution in [0.4, 0.5) is 0 Å². The molecule has 0 saturated carbocycles. The number of carbonyl (C=O) groups is 1. The predicted molar refractivity (Wildman–Crippen MR) is 117 cm³/mol. The van der Waals surface area contributed by atoms with Gasteiger partial charge in [-0.05, 0) is 36.4 Å². The number of hydrogen-bond acceptors (Lipinski definition) is 6. The average Bonchev–Trinajstić information content (AvgIpc) is 3.22. The minimum Gasteiger partial charge on any atom is -0.497 e. The fraction of sp³-hybridized carbons (Fsp3) is 0.182. The molecule has 7 nitrogen and oxygen atoms in total. The van der Waals surface area contributed by atoms with E-state index in [1.54, 1.807) is 37.3 Å². The zero-order valence-corrected chi connectivity index (χ0v) is 17.4. The summed E-state index contributed by atoms with van der Waals surface area (Å²) in [6.45, 7) is 0.217. The summed E-state index contributed by atoms with van der Waals surface area (Å²) < 4.78 is 5.17. The molecule has 4 aromatic rings. The number of likely N-dealkylation sites (N-methyl/N-ethyl adjacent to an activating group) is 1. The SMILES string of the molecule is COc1ccc(-c2nc(CC(=O)N(C)Cc3nc4ccccc4c(=O)[nH]3)cs2)cc1. The summed E-state index contributed by atoms with van der Waals surface area (Å²) >= 11 is 1.49. The number of hydrogen-bond donors (Lipinski definition) is 1. The Balaban J connectivity index is 1.44. The topological polar surface area (TPSA) is 88.2 Å². The van der Waals surface area contributed by atoms with Gasteiger partial charge in [0, 0.05) is 18.0 Å². The summed E-state index contributed by atoms with van der Waals surface area (Å²) in [6, 6.07) is 14.8. The molecule has 2 aromatic carbocycles. The molecule has 4 rings (SSSR count). The quantitative estimate of drug-likeness (QED) is 0.517. The number of fused-ring (bicyclic) bond motifs is 1. The van der Waals surface area contributed by atoms with Gasteiger partial charge in [0.15, 0.2) is 0 Å². The van der Waals surface area contributed by atoms with Gasteiger partial charge in [0.05, 0.1) is 36.7 Å². The maximum atomic E-state index is 12.6. The Labute approximate surface area is 177 Å². The minimum absolute atomic E-state index is 0.0996. The van der Waals surface area contributed by atoms with Crippen LogP contribution in [0, 0.1) is 0 Å². The number of carbonyl (C=O) groups excluding carboxylic acids is 1. The lowest BCUT2D eigenvalue weighted by atomic mass is 10.2. The van der Waals surface area contributed by atoms with Gasteiger partial charge >= 0.3 is 0 Å². The lowest BCUT2D eigenvalue weighted by Gasteiger charge is -2.16. The van der Waals surface area contributed by atoms with Crippen molar-refractivity contribution in [3.63, 3.8) is 0 Å². The van der Waals surface area contributed by atoms with Gasteiger partial charge in [-0.1, -0.05) is 12.1 Å². The number of ether oxygens (including phenoxy) is 1. The van der Waals surface area contributed by atoms with Crippen LogP contribution in [0.2, 0.25) is 0 Å². The number of aromatic nitrogens is 3. The van der Waals surface area contributed by atoms with Crippen molar-refractivity contribution in [2.24, 2.45) is 0 Å². The molecule has 0 atom stereocenters. The molecule has 0 aliphatic carbocycles. The maximum absolute atomic E-state index is 12.6. The zero-order chi connectivity index (χ0) is 21.1. The fourth-order valence-electron chi connectivity index (χ4n) is 3.07. The highest BCUT2D eigenvalue weighted by Crippen LogP contribution is 2.26. The minimum atomic E-state index is -0.208. The molecule has 30 heavy (non-hydrogen) atoms. The fourth-order valence-corrected chi connectivity index (χ4v) is 3.89. The van der Waals surface area contributed by atoms with E-state index in [1.807, 2.05) is 35.7 Å². The molecule has 0 fully saturated rings. The van der Waals surface area contributed by atoms with Crippen molar-refractivity contribution in [3.8, 4) is 16.3 Å². The Hall–Kier alpha value is -3.52. The van der Waals surface area contributed by atoms with Gasteiger partial charge < -0.3 is 14.6 Å². The van der Waals surface area contributed by atoms with Gasteiger partial charge in [0.25, 0.3) is 5.56 Å². The molecule has 8 heteroatoms. The van der Waals surface area contributed by atoms with E-state index in [1.165, 1.54) is 11.3 Å². The normalized spacial score (nSPS) is 10.9. The standard InChI is InChI=1S/C22H20N4O3S/c1-26(12-19-24-18-6-4-3-5-17(18)21(28)25-19)20(27)11-15-13-30-22(23-15)14-7-9-16(29-2)10-8-14/h3-10,13H,11-12H2,1-2H3,(H,24,25,28). The van der Waals surface area contributed by atoms with Crippen molar-refractivity contribution in [1.82, 2.24) is 19.9 Å². The molecule has 1 N–H and O–H groups in total. The number of para-hydroxylation sites is 1. The highest BCUT2D eigenvalue weighted by Gasteiger charge is 2.15. The second kappa shape index (κ2) is 8.46. The van der Waals surface area contributed by atoms with Crippen LogP contribution >= 0.6 is 11.3 Å². The van der Waals surface area contributed by atoms with Gasteiger partial charge in [0.2, 0.25) is 5.91 Å². The van der Waals surface area contributed by atoms with Crippen LogP contribution in [0.15, 0.2) is 58.7 Å². The van der Waals surface area contributed by atoms with Crippen molar-refractivity contribution in [3.05, 3.63) is 75.8 Å². The first-order valence-electron chi connectivity index (χ1n) is 9.34. The van der Waals surface area contributed by atoms with Gasteiger partial charge in [-0.3, -0.25) is 9.59 Å². The van der Waals surface area contributed by atoms with E-state index in [2.05, 4.69) is 15.0 Å². The lowest BCUT2D eigenvalue weighted by Crippen LogP contribution is -2.29. The molecule has 1 amide bonds. The van der Waals surface area contributed by atoms with E-state index in [9.17, 15) is 9.59 Å². The smallest absolute Gasteiger partial charge is 0.258 e. The number of rotatable bonds is 6. The summed E-state index contributed by atoms with van der Waals surface area (Å²) in [4.78, 5) is 38.2. The number of benzene rings is 2. The summed E-state index contributed by atoms with van der Waals surface area (Å²) in [5, 5.41) is 3.27. The molecular weight excluding hydrogens is 400 g/mol. The summed E-state index contributed by atoms with van der Waals surface area (Å²) in [5.74, 6) is 1.14. The van der Waals surface area contributed by atoms with Crippen molar-refractivity contribution in [2.45, 2.75) is 13.0 Å². The average molecular weight is 420 g/mol. The summed E-state index contributed by atoms with van der Waals surface area (Å²) in [7, 11) is 3.32. The Kier molecular flexibility index (Phi) is 5.58. The first-order valence-corrected chi connectivity index (χ1v) is 10.2. The first-order chi connectivity index (χ1) is 14.5. The molecule has 0 spiro atoms. The van der Waals surface area contributed by atoms with Crippen molar-refractivity contribution in [2.75, 3.05) is 14.2 Å². The molecule has 0 aliphatic rings. The number of nitrogens with zero attached hydrogens (tertiary/aromatic N) is 3. The summed E-state index contributed by atoms with van der Waals surface area (Å²) in [5.41, 5.74) is 2.09. The number of thiazole rings is 1. The number of H-pyrrole nitrogens is 1. The maximum Gasteiger partial charge on any atom is 0.258 e. The Morgan fingerprint density at radius 3 is 2.67 bits per heavy atom. The van der Waals surface area contributed by atoms with Crippen LogP contribution in [-0.2, 0) is 17.8 Å². The van der Waals surface area contributed by atoms with Crippen LogP contribution in [0.5, 0.6) is 5.75 Å². The molecule has 2 heterocycles. The molecule has 152 valence electrons. The number of nitrogens with one attached hydrogen (secondary N) is 1. The third-order valence-corrected chi connectivity index (χ3v) is 5.64. The number of amides is 1. The van der Waals surface area contributed by atoms with E-state index in [0.29, 0.717) is 22.4 Å². The van der Waals surface area contributed by atoms with Crippen LogP contribution in [-0.4, -0.2) is 39.9 Å². The van der Waals surface area contributed by atoms with Crippen molar-refractivity contribution in [1.29, 1.82) is 0 Å². The summed E-state index contributed by atoms with van der Waals surface area (Å²) in [6.07, 6.45) is 0.182. The number of methoxy groups -OCH3 is 1. The monoisotopic (exact) mass is 420 g/mol. The lowest BCUT2D eigenvalue weighted by molar-refractivity contribution is -0.129. The van der Waals surface area contributed by atoms with Gasteiger partial charge in [-0.2, -0.15) is 0 Å². The molecule has 0 aliphatic heterocycles. The predicted octanol–water partition coefficient (Wildman–Crippen LogP) is 3.26. The molecule has 0 radical (unpaired) electrons. The molecular formula is C22H20N4O3S. The molecule has 0 bridgehead atoms. The van der Waals surface area contributed by atoms with E-state index in [0.717, 1.165) is 16.3 Å². The van der Waals surface area contributed by atoms with Crippen LogP contribution in [0.25, 0.3) is 21.5 Å². The van der Waals surface area contributed by atoms with Crippen LogP contribution in [0.1, 0.15) is 11.5 Å². The van der Waals surface area contributed by atoms with Crippen LogP contribution in [0.3, 0.4) is 0 Å². The highest BCUT2D eigenvalue weighted by molar-refractivity contribution is 7.13. The second-order valence-electron chi connectivity index (χ2n) is 6.83. The van der Waals surface area contributed by atoms with Gasteiger partial charge in [0.1, 0.15) is 16.6 Å². The van der Waals surface area contributed by atoms with Crippen molar-refractivity contribution >= 4 is 28.1 Å². The van der Waals surface area contributed by atoms with Crippen LogP contribution < -0.4 is 10.3 Å². The second-order valence-corrected chi connectivity index (χ2v) is 7.69. The largest absolute Gasteiger partial charge is 0.497 e. The molecule has 0 unspecified atom stereocenters. The van der Waals surface area contributed by atoms with E-state index in [-0.39, 0.29) is 24.4 Å². The number of aromatic amines is 1. The Morgan fingerprint density at radius 2 is 1.90 bits per heavy atom. The Bertz CT molecular complexity index is 1250. The first kappa shape index (κ1) is 19.8. The van der Waals surface area contributed by atoms with E-state index in [4.69, 9.17) is 4.74 Å². The van der Waals surface area contributed by atoms with E-state index >= 15 is 0 Å². The van der Waals surface area contributed by atoms with Crippen molar-refractivity contribution < 1.29 is 9.53 Å². The molecule has 2 aromatic heterocycles. The van der Waals surface area contributed by atoms with E-state index < -0.39 is 0 Å². The zero-order valence-electron chi connectivity index (χ0n) is 16.6. The van der Waals surface area contributed by atoms with Gasteiger partial charge in [-0.25, -0.2) is 9.97 Å². The molecule has 0 saturated heterocycles. The third-order valence-electron chi connectivity index (χ3n) is 4.70. The third kappa shape index (κ3) is 4.23. The Morgan fingerprint density at radius 1 is 1.13 bits per heavy atom. The van der Waals surface area contributed by atoms with Gasteiger partial charge in [-0.15, -0.1) is 11.3 Å².